The van der Waals surface area contributed by atoms with Gasteiger partial charge in [0.1, 0.15) is 0 Å². The summed E-state index contributed by atoms with van der Waals surface area (Å²) in [6, 6.07) is 5.25. The summed E-state index contributed by atoms with van der Waals surface area (Å²) >= 11 is 0. The Morgan fingerprint density at radius 3 is 2.65 bits per heavy atom. The summed E-state index contributed by atoms with van der Waals surface area (Å²) in [5.74, 6) is 1.52. The van der Waals surface area contributed by atoms with Gasteiger partial charge in [-0.2, -0.15) is 0 Å². The van der Waals surface area contributed by atoms with E-state index in [4.69, 9.17) is 0 Å². The summed E-state index contributed by atoms with van der Waals surface area (Å²) in [5, 5.41) is 3.43. The average Bonchev–Trinajstić information content (AvgIpc) is 2.66. The molecule has 1 heterocycles. The highest BCUT2D eigenvalue weighted by Gasteiger charge is 2.43. The van der Waals surface area contributed by atoms with Gasteiger partial charge in [-0.05, 0) is 43.2 Å². The monoisotopic (exact) mass is 283 g/mol. The van der Waals surface area contributed by atoms with Gasteiger partial charge in [-0.15, -0.1) is 8.78 Å². The Kier molecular flexibility index (Phi) is 3.22. The Balaban J connectivity index is 1.70. The number of hydrogen-bond donors (Lipinski definition) is 1. The fourth-order valence-electron chi connectivity index (χ4n) is 3.13. The smallest absolute Gasteiger partial charge is 0.395 e. The van der Waals surface area contributed by atoms with Gasteiger partial charge in [0.25, 0.3) is 0 Å². The predicted octanol–water partition coefficient (Wildman–Crippen LogP) is 4.24. The number of benzene rings is 1. The van der Waals surface area contributed by atoms with Crippen LogP contribution in [0, 0.1) is 11.8 Å². The van der Waals surface area contributed by atoms with Gasteiger partial charge in [0.05, 0.1) is 0 Å². The van der Waals surface area contributed by atoms with Crippen LogP contribution in [0.1, 0.15) is 33.1 Å². The minimum Gasteiger partial charge on any atom is -0.395 e. The van der Waals surface area contributed by atoms with Crippen molar-refractivity contribution < 1.29 is 18.3 Å². The van der Waals surface area contributed by atoms with Crippen LogP contribution in [0.4, 0.5) is 14.5 Å². The second kappa shape index (κ2) is 4.79. The lowest BCUT2D eigenvalue weighted by Gasteiger charge is -2.33. The van der Waals surface area contributed by atoms with Gasteiger partial charge in [-0.3, -0.25) is 0 Å². The first kappa shape index (κ1) is 13.5. The first-order valence-corrected chi connectivity index (χ1v) is 7.09. The quantitative estimate of drug-likeness (QED) is 0.880. The van der Waals surface area contributed by atoms with Crippen LogP contribution in [0.25, 0.3) is 0 Å². The molecule has 110 valence electrons. The van der Waals surface area contributed by atoms with Crippen LogP contribution in [0.3, 0.4) is 0 Å². The van der Waals surface area contributed by atoms with Crippen molar-refractivity contribution in [1.82, 2.24) is 0 Å². The van der Waals surface area contributed by atoms with E-state index in [-0.39, 0.29) is 11.5 Å². The summed E-state index contributed by atoms with van der Waals surface area (Å²) in [4.78, 5) is 0. The van der Waals surface area contributed by atoms with Crippen molar-refractivity contribution in [2.24, 2.45) is 11.8 Å². The van der Waals surface area contributed by atoms with Crippen molar-refractivity contribution in [2.45, 2.75) is 45.4 Å². The molecule has 0 spiro atoms. The highest BCUT2D eigenvalue weighted by atomic mass is 19.3. The number of hydrogen-bond acceptors (Lipinski definition) is 3. The number of rotatable bonds is 2. The maximum absolute atomic E-state index is 13.0. The lowest BCUT2D eigenvalue weighted by atomic mass is 9.80. The molecule has 0 radical (unpaired) electrons. The van der Waals surface area contributed by atoms with Gasteiger partial charge in [0.2, 0.25) is 0 Å². The number of fused-ring (bicyclic) bond motifs is 1. The summed E-state index contributed by atoms with van der Waals surface area (Å²) in [7, 11) is 0. The fourth-order valence-corrected chi connectivity index (χ4v) is 3.13. The van der Waals surface area contributed by atoms with Gasteiger partial charge in [-0.1, -0.05) is 13.8 Å². The molecule has 5 heteroatoms. The number of nitrogens with one attached hydrogen (secondary N) is 1. The molecule has 1 saturated carbocycles. The Bertz CT molecular complexity index is 507. The Morgan fingerprint density at radius 2 is 1.90 bits per heavy atom. The molecule has 20 heavy (non-hydrogen) atoms. The highest BCUT2D eigenvalue weighted by molar-refractivity contribution is 5.56. The molecular formula is C15H19F2NO2. The standard InChI is InChI=1S/C15H19F2NO2/c1-9-3-5-12(10(2)7-9)18-11-4-6-13-14(8-11)20-15(16,17)19-13/h4,6,8-10,12,18H,3,5,7H2,1-2H3. The van der Waals surface area contributed by atoms with Crippen molar-refractivity contribution in [3.05, 3.63) is 18.2 Å². The van der Waals surface area contributed by atoms with Gasteiger partial charge < -0.3 is 14.8 Å². The molecule has 3 rings (SSSR count). The highest BCUT2D eigenvalue weighted by Crippen LogP contribution is 2.42. The van der Waals surface area contributed by atoms with Crippen molar-refractivity contribution in [3.8, 4) is 11.5 Å². The van der Waals surface area contributed by atoms with E-state index in [1.54, 1.807) is 12.1 Å². The van der Waals surface area contributed by atoms with Crippen molar-refractivity contribution in [3.63, 3.8) is 0 Å². The number of ether oxygens (including phenoxy) is 2. The van der Waals surface area contributed by atoms with Gasteiger partial charge >= 0.3 is 6.29 Å². The van der Waals surface area contributed by atoms with Gasteiger partial charge in [0, 0.05) is 17.8 Å². The van der Waals surface area contributed by atoms with Crippen LogP contribution >= 0.6 is 0 Å². The first-order chi connectivity index (χ1) is 9.43. The van der Waals surface area contributed by atoms with Crippen molar-refractivity contribution in [1.29, 1.82) is 0 Å². The maximum atomic E-state index is 13.0. The van der Waals surface area contributed by atoms with Crippen LogP contribution in [-0.2, 0) is 0 Å². The number of alkyl halides is 2. The summed E-state index contributed by atoms with van der Waals surface area (Å²) in [6.07, 6.45) is -0.0492. The van der Waals surface area contributed by atoms with E-state index < -0.39 is 6.29 Å². The molecule has 1 aromatic rings. The molecule has 0 aromatic heterocycles. The molecular weight excluding hydrogens is 264 g/mol. The first-order valence-electron chi connectivity index (χ1n) is 7.09. The van der Waals surface area contributed by atoms with Crippen LogP contribution in [-0.4, -0.2) is 12.3 Å². The molecule has 3 atom stereocenters. The minimum atomic E-state index is -3.55. The largest absolute Gasteiger partial charge is 0.586 e. The van der Waals surface area contributed by atoms with Crippen molar-refractivity contribution >= 4 is 5.69 Å². The Labute approximate surface area is 117 Å². The van der Waals surface area contributed by atoms with Crippen molar-refractivity contribution in [2.75, 3.05) is 5.32 Å². The Hall–Kier alpha value is -1.52. The van der Waals surface area contributed by atoms with E-state index in [0.29, 0.717) is 12.0 Å². The van der Waals surface area contributed by atoms with Crippen LogP contribution in [0.5, 0.6) is 11.5 Å². The lowest BCUT2D eigenvalue weighted by molar-refractivity contribution is -0.286. The predicted molar refractivity (Wildman–Crippen MR) is 72.2 cm³/mol. The van der Waals surface area contributed by atoms with E-state index in [2.05, 4.69) is 28.6 Å². The average molecular weight is 283 g/mol. The molecule has 2 aliphatic rings. The summed E-state index contributed by atoms with van der Waals surface area (Å²) < 4.78 is 34.8. The third kappa shape index (κ3) is 2.67. The second-order valence-electron chi connectivity index (χ2n) is 5.98. The molecule has 0 saturated heterocycles. The topological polar surface area (TPSA) is 30.5 Å². The van der Waals surface area contributed by atoms with Gasteiger partial charge in [0.15, 0.2) is 11.5 Å². The SMILES string of the molecule is CC1CCC(Nc2ccc3c(c2)OC(F)(F)O3)C(C)C1. The zero-order valence-electron chi connectivity index (χ0n) is 11.7. The second-order valence-corrected chi connectivity index (χ2v) is 5.98. The normalized spacial score (nSPS) is 31.1. The van der Waals surface area contributed by atoms with E-state index in [1.807, 2.05) is 0 Å². The fraction of sp³-hybridized carbons (Fsp3) is 0.600. The minimum absolute atomic E-state index is 0.0888. The summed E-state index contributed by atoms with van der Waals surface area (Å²) in [5.41, 5.74) is 0.802. The molecule has 0 bridgehead atoms. The molecule has 3 unspecified atom stereocenters. The van der Waals surface area contributed by atoms with Crippen LogP contribution in [0.15, 0.2) is 18.2 Å². The molecule has 0 amide bonds. The number of anilines is 1. The molecule has 1 aliphatic heterocycles. The number of halogens is 2. The molecule has 1 aromatic carbocycles. The lowest BCUT2D eigenvalue weighted by Crippen LogP contribution is -2.32. The van der Waals surface area contributed by atoms with Gasteiger partial charge in [-0.25, -0.2) is 0 Å². The third-order valence-corrected chi connectivity index (χ3v) is 4.18. The Morgan fingerprint density at radius 1 is 1.15 bits per heavy atom. The molecule has 1 aliphatic carbocycles. The molecule has 1 fully saturated rings. The van der Waals surface area contributed by atoms with E-state index in [0.717, 1.165) is 18.0 Å². The van der Waals surface area contributed by atoms with E-state index >= 15 is 0 Å². The molecule has 1 N–H and O–H groups in total. The summed E-state index contributed by atoms with van der Waals surface area (Å²) in [6.45, 7) is 4.50. The van der Waals surface area contributed by atoms with Crippen LogP contribution in [0.2, 0.25) is 0 Å². The van der Waals surface area contributed by atoms with E-state index in [9.17, 15) is 8.78 Å². The molecule has 3 nitrogen and oxygen atoms in total. The van der Waals surface area contributed by atoms with Crippen LogP contribution < -0.4 is 14.8 Å². The third-order valence-electron chi connectivity index (χ3n) is 4.18. The maximum Gasteiger partial charge on any atom is 0.586 e. The zero-order valence-corrected chi connectivity index (χ0v) is 11.7. The zero-order chi connectivity index (χ0) is 14.3. The van der Waals surface area contributed by atoms with E-state index in [1.165, 1.54) is 18.9 Å².